The lowest BCUT2D eigenvalue weighted by Crippen LogP contribution is -2.44. The minimum atomic E-state index is 0.288. The molecule has 8 nitrogen and oxygen atoms in total. The highest BCUT2D eigenvalue weighted by molar-refractivity contribution is 5.79. The maximum absolute atomic E-state index is 5.39. The van der Waals surface area contributed by atoms with Gasteiger partial charge in [0.2, 0.25) is 0 Å². The molecular formula is C24H38N6O2. The van der Waals surface area contributed by atoms with Gasteiger partial charge < -0.3 is 24.7 Å². The molecule has 1 heterocycles. The molecule has 1 aromatic carbocycles. The first-order valence-electron chi connectivity index (χ1n) is 11.5. The third-order valence-corrected chi connectivity index (χ3v) is 6.56. The number of nitrogens with zero attached hydrogens (tertiary/aromatic N) is 4. The van der Waals surface area contributed by atoms with Crippen molar-refractivity contribution in [1.29, 1.82) is 0 Å². The predicted octanol–water partition coefficient (Wildman–Crippen LogP) is 3.01. The molecule has 32 heavy (non-hydrogen) atoms. The monoisotopic (exact) mass is 442 g/mol. The van der Waals surface area contributed by atoms with Crippen molar-refractivity contribution in [3.05, 3.63) is 41.5 Å². The minimum absolute atomic E-state index is 0.288. The maximum Gasteiger partial charge on any atom is 0.191 e. The van der Waals surface area contributed by atoms with Crippen LogP contribution in [-0.4, -0.2) is 54.6 Å². The zero-order valence-corrected chi connectivity index (χ0v) is 20.0. The third kappa shape index (κ3) is 6.69. The second kappa shape index (κ2) is 11.9. The second-order valence-corrected chi connectivity index (χ2v) is 8.72. The van der Waals surface area contributed by atoms with Gasteiger partial charge in [-0.25, -0.2) is 4.99 Å². The second-order valence-electron chi connectivity index (χ2n) is 8.72. The molecule has 2 aromatic rings. The Bertz CT molecular complexity index is 856. The Morgan fingerprint density at radius 3 is 2.50 bits per heavy atom. The normalized spacial score (nSPS) is 15.7. The fourth-order valence-electron chi connectivity index (χ4n) is 4.26. The highest BCUT2D eigenvalue weighted by Gasteiger charge is 2.33. The van der Waals surface area contributed by atoms with E-state index in [1.165, 1.54) is 31.2 Å². The summed E-state index contributed by atoms with van der Waals surface area (Å²) in [6, 6.07) is 8.20. The highest BCUT2D eigenvalue weighted by Crippen LogP contribution is 2.40. The molecular weight excluding hydrogens is 404 g/mol. The van der Waals surface area contributed by atoms with Gasteiger partial charge in [0.25, 0.3) is 0 Å². The number of hydrogen-bond acceptors (Lipinski definition) is 5. The number of methoxy groups -OCH3 is 2. The molecule has 1 aromatic heterocycles. The van der Waals surface area contributed by atoms with Gasteiger partial charge in [0.15, 0.2) is 11.8 Å². The summed E-state index contributed by atoms with van der Waals surface area (Å²) >= 11 is 0. The van der Waals surface area contributed by atoms with Crippen molar-refractivity contribution < 1.29 is 9.47 Å². The van der Waals surface area contributed by atoms with Gasteiger partial charge in [-0.3, -0.25) is 0 Å². The molecule has 1 fully saturated rings. The molecule has 0 amide bonds. The summed E-state index contributed by atoms with van der Waals surface area (Å²) in [4.78, 5) is 4.82. The first-order valence-corrected chi connectivity index (χ1v) is 11.5. The number of aliphatic imine (C=N–C) groups is 1. The maximum atomic E-state index is 5.39. The standard InChI is InChI=1S/C24H38N6O2/c1-19-28-29-22(30(19)2)17-26-23(25-15-11-20-7-9-21(32-4)10-8-20)27-18-24(14-16-31-3)12-5-6-13-24/h7-10H,5-6,11-18H2,1-4H3,(H2,25,26,27). The Morgan fingerprint density at radius 2 is 1.88 bits per heavy atom. The van der Waals surface area contributed by atoms with Crippen molar-refractivity contribution >= 4 is 5.96 Å². The summed E-state index contributed by atoms with van der Waals surface area (Å²) in [6.45, 7) is 4.94. The molecule has 1 aliphatic rings. The van der Waals surface area contributed by atoms with Crippen molar-refractivity contribution in [2.75, 3.05) is 33.9 Å². The Balaban J connectivity index is 1.62. The predicted molar refractivity (Wildman–Crippen MR) is 127 cm³/mol. The van der Waals surface area contributed by atoms with Crippen LogP contribution in [0.2, 0.25) is 0 Å². The smallest absolute Gasteiger partial charge is 0.191 e. The van der Waals surface area contributed by atoms with E-state index in [1.54, 1.807) is 14.2 Å². The van der Waals surface area contributed by atoms with E-state index < -0.39 is 0 Å². The number of ether oxygens (including phenoxy) is 2. The van der Waals surface area contributed by atoms with Crippen LogP contribution in [0.3, 0.4) is 0 Å². The number of benzene rings is 1. The van der Waals surface area contributed by atoms with Crippen molar-refractivity contribution in [3.63, 3.8) is 0 Å². The molecule has 0 saturated heterocycles. The molecule has 0 unspecified atom stereocenters. The molecule has 176 valence electrons. The van der Waals surface area contributed by atoms with Crippen molar-refractivity contribution in [2.45, 2.75) is 52.0 Å². The average Bonchev–Trinajstić information content (AvgIpc) is 3.41. The summed E-state index contributed by atoms with van der Waals surface area (Å²) in [5, 5.41) is 15.5. The summed E-state index contributed by atoms with van der Waals surface area (Å²) < 4.78 is 12.6. The van der Waals surface area contributed by atoms with E-state index in [1.807, 2.05) is 30.7 Å². The molecule has 0 spiro atoms. The molecule has 3 rings (SSSR count). The topological polar surface area (TPSA) is 85.6 Å². The van der Waals surface area contributed by atoms with Crippen LogP contribution in [0, 0.1) is 12.3 Å². The molecule has 2 N–H and O–H groups in total. The van der Waals surface area contributed by atoms with E-state index in [0.717, 1.165) is 55.9 Å². The van der Waals surface area contributed by atoms with Crippen LogP contribution in [-0.2, 0) is 24.8 Å². The van der Waals surface area contributed by atoms with Gasteiger partial charge in [-0.05, 0) is 55.7 Å². The fraction of sp³-hybridized carbons (Fsp3) is 0.625. The molecule has 1 saturated carbocycles. The van der Waals surface area contributed by atoms with E-state index in [2.05, 4.69) is 33.0 Å². The summed E-state index contributed by atoms with van der Waals surface area (Å²) in [5.41, 5.74) is 1.55. The van der Waals surface area contributed by atoms with Crippen molar-refractivity contribution in [1.82, 2.24) is 25.4 Å². The number of hydrogen-bond donors (Lipinski definition) is 2. The average molecular weight is 443 g/mol. The first kappa shape index (κ1) is 24.0. The van der Waals surface area contributed by atoms with E-state index in [4.69, 9.17) is 14.5 Å². The summed E-state index contributed by atoms with van der Waals surface area (Å²) in [7, 11) is 5.45. The lowest BCUT2D eigenvalue weighted by molar-refractivity contribution is 0.138. The SMILES string of the molecule is COCCC1(CNC(=NCc2nnc(C)n2C)NCCc2ccc(OC)cc2)CCCC1. The van der Waals surface area contributed by atoms with Crippen LogP contribution >= 0.6 is 0 Å². The van der Waals surface area contributed by atoms with E-state index >= 15 is 0 Å². The van der Waals surface area contributed by atoms with Gasteiger partial charge in [0.1, 0.15) is 18.1 Å². The Kier molecular flexibility index (Phi) is 8.90. The van der Waals surface area contributed by atoms with Crippen LogP contribution in [0.5, 0.6) is 5.75 Å². The van der Waals surface area contributed by atoms with E-state index in [-0.39, 0.29) is 5.41 Å². The number of aryl methyl sites for hydroxylation is 1. The molecule has 0 radical (unpaired) electrons. The van der Waals surface area contributed by atoms with Gasteiger partial charge in [0, 0.05) is 33.9 Å². The van der Waals surface area contributed by atoms with Crippen molar-refractivity contribution in [3.8, 4) is 5.75 Å². The van der Waals surface area contributed by atoms with E-state index in [9.17, 15) is 0 Å². The largest absolute Gasteiger partial charge is 0.497 e. The summed E-state index contributed by atoms with van der Waals surface area (Å²) in [5.74, 6) is 3.45. The molecule has 8 heteroatoms. The number of guanidine groups is 1. The fourth-order valence-corrected chi connectivity index (χ4v) is 4.26. The van der Waals surface area contributed by atoms with E-state index in [0.29, 0.717) is 6.54 Å². The molecule has 1 aliphatic carbocycles. The number of rotatable bonds is 11. The van der Waals surface area contributed by atoms with Gasteiger partial charge in [-0.1, -0.05) is 25.0 Å². The van der Waals surface area contributed by atoms with Crippen molar-refractivity contribution in [2.24, 2.45) is 17.5 Å². The Hall–Kier alpha value is -2.61. The van der Waals surface area contributed by atoms with Gasteiger partial charge >= 0.3 is 0 Å². The van der Waals surface area contributed by atoms with Crippen LogP contribution in [0.25, 0.3) is 0 Å². The minimum Gasteiger partial charge on any atom is -0.497 e. The van der Waals surface area contributed by atoms with Crippen LogP contribution in [0.4, 0.5) is 0 Å². The summed E-state index contributed by atoms with van der Waals surface area (Å²) in [6.07, 6.45) is 7.05. The number of nitrogens with one attached hydrogen (secondary N) is 2. The quantitative estimate of drug-likeness (QED) is 0.411. The van der Waals surface area contributed by atoms with Gasteiger partial charge in [-0.2, -0.15) is 0 Å². The number of aromatic nitrogens is 3. The zero-order valence-electron chi connectivity index (χ0n) is 20.0. The third-order valence-electron chi connectivity index (χ3n) is 6.56. The van der Waals surface area contributed by atoms with Gasteiger partial charge in [-0.15, -0.1) is 10.2 Å². The lowest BCUT2D eigenvalue weighted by atomic mass is 9.83. The lowest BCUT2D eigenvalue weighted by Gasteiger charge is -2.30. The van der Waals surface area contributed by atoms with Gasteiger partial charge in [0.05, 0.1) is 7.11 Å². The molecule has 0 atom stereocenters. The van der Waals surface area contributed by atoms with Crippen LogP contribution in [0.15, 0.2) is 29.3 Å². The Labute approximate surface area is 191 Å². The highest BCUT2D eigenvalue weighted by atomic mass is 16.5. The van der Waals surface area contributed by atoms with Crippen LogP contribution < -0.4 is 15.4 Å². The Morgan fingerprint density at radius 1 is 1.12 bits per heavy atom. The molecule has 0 aliphatic heterocycles. The molecule has 0 bridgehead atoms. The first-order chi connectivity index (χ1) is 15.5. The zero-order chi connectivity index (χ0) is 22.8. The van der Waals surface area contributed by atoms with Crippen LogP contribution in [0.1, 0.15) is 49.3 Å².